The normalized spacial score (nSPS) is 16.1. The summed E-state index contributed by atoms with van der Waals surface area (Å²) in [5, 5.41) is 9.22. The average Bonchev–Trinajstić information content (AvgIpc) is 3.16. The van der Waals surface area contributed by atoms with Crippen molar-refractivity contribution in [1.82, 2.24) is 25.3 Å². The second kappa shape index (κ2) is 12.8. The number of H-pyrrole nitrogens is 1. The summed E-state index contributed by atoms with van der Waals surface area (Å²) in [5.74, 6) is 1.54. The van der Waals surface area contributed by atoms with Gasteiger partial charge >= 0.3 is 0 Å². The second-order valence-corrected chi connectivity index (χ2v) is 8.89. The van der Waals surface area contributed by atoms with Gasteiger partial charge in [-0.2, -0.15) is 5.10 Å². The van der Waals surface area contributed by atoms with Crippen LogP contribution in [0.15, 0.2) is 81.1 Å². The molecule has 0 aromatic carbocycles. The molecular formula is C27H32BrN7. The lowest BCUT2D eigenvalue weighted by atomic mass is 10.1. The van der Waals surface area contributed by atoms with E-state index in [1.165, 1.54) is 0 Å². The van der Waals surface area contributed by atoms with E-state index in [0.717, 1.165) is 56.6 Å². The zero-order valence-electron chi connectivity index (χ0n) is 20.7. The maximum Gasteiger partial charge on any atom is 0.148 e. The highest BCUT2D eigenvalue weighted by Gasteiger charge is 2.19. The molecule has 2 N–H and O–H groups in total. The largest absolute Gasteiger partial charge is 0.381 e. The van der Waals surface area contributed by atoms with Crippen LogP contribution in [0.4, 0.5) is 0 Å². The van der Waals surface area contributed by atoms with Crippen LogP contribution in [0.5, 0.6) is 0 Å². The van der Waals surface area contributed by atoms with Crippen LogP contribution in [-0.2, 0) is 6.54 Å². The molecule has 0 bridgehead atoms. The van der Waals surface area contributed by atoms with E-state index in [1.54, 1.807) is 12.1 Å². The molecular weight excluding hydrogens is 502 g/mol. The van der Waals surface area contributed by atoms with E-state index in [2.05, 4.69) is 67.3 Å². The van der Waals surface area contributed by atoms with Crippen LogP contribution >= 0.6 is 15.9 Å². The van der Waals surface area contributed by atoms with Crippen molar-refractivity contribution in [2.45, 2.75) is 40.2 Å². The number of hydrogen-bond donors (Lipinski definition) is 2. The number of imidazole rings is 1. The van der Waals surface area contributed by atoms with Crippen molar-refractivity contribution in [2.24, 2.45) is 10.1 Å². The number of nitrogens with one attached hydrogen (secondary N) is 2. The third-order valence-corrected chi connectivity index (χ3v) is 5.83. The van der Waals surface area contributed by atoms with E-state index in [4.69, 9.17) is 9.97 Å². The minimum atomic E-state index is 0.546. The molecule has 0 aliphatic carbocycles. The zero-order chi connectivity index (χ0) is 25.2. The summed E-state index contributed by atoms with van der Waals surface area (Å²) in [6.07, 6.45) is 15.8. The molecule has 182 valence electrons. The summed E-state index contributed by atoms with van der Waals surface area (Å²) in [4.78, 5) is 17.5. The number of aliphatic imine (C=N–C) groups is 1. The van der Waals surface area contributed by atoms with Gasteiger partial charge in [0.1, 0.15) is 11.7 Å². The van der Waals surface area contributed by atoms with Crippen molar-refractivity contribution < 1.29 is 0 Å². The molecule has 0 unspecified atom stereocenters. The number of aromatic amines is 1. The van der Waals surface area contributed by atoms with Crippen molar-refractivity contribution in [2.75, 3.05) is 7.05 Å². The molecule has 0 fully saturated rings. The fraction of sp³-hybridized carbons (Fsp3) is 0.259. The highest BCUT2D eigenvalue weighted by atomic mass is 79.9. The zero-order valence-corrected chi connectivity index (χ0v) is 22.3. The smallest absolute Gasteiger partial charge is 0.148 e. The van der Waals surface area contributed by atoms with E-state index in [9.17, 15) is 0 Å². The maximum atomic E-state index is 4.96. The number of nitrogens with zero attached hydrogens (tertiary/aromatic N) is 5. The number of allylic oxidation sites excluding steroid dienone is 8. The molecule has 35 heavy (non-hydrogen) atoms. The third kappa shape index (κ3) is 7.23. The fourth-order valence-electron chi connectivity index (χ4n) is 3.54. The van der Waals surface area contributed by atoms with Gasteiger partial charge in [0.25, 0.3) is 0 Å². The summed E-state index contributed by atoms with van der Waals surface area (Å²) in [5.41, 5.74) is 5.53. The Labute approximate surface area is 216 Å². The lowest BCUT2D eigenvalue weighted by Crippen LogP contribution is -2.17. The maximum absolute atomic E-state index is 4.96. The van der Waals surface area contributed by atoms with Gasteiger partial charge in [-0.3, -0.25) is 9.98 Å². The number of rotatable bonds is 9. The predicted molar refractivity (Wildman–Crippen MR) is 150 cm³/mol. The summed E-state index contributed by atoms with van der Waals surface area (Å²) in [6, 6.07) is 5.99. The standard InChI is InChI=1S/C27H32BrN7/c1-6-7-8-13-22(28)16-20(3)31-17-24-33-26(27(34-24)23-14-9-11-19(2)32-23)21-12-10-15-25(29-4)35(18-21)30-5/h6-7,9-11,13-16,18,31H,5,8,12,17H2,1-4H3,(H,33,34)/b7-6-,20-16+,22-13+,29-25?. The van der Waals surface area contributed by atoms with Crippen molar-refractivity contribution in [3.63, 3.8) is 0 Å². The Morgan fingerprint density at radius 1 is 1.34 bits per heavy atom. The Hall–Kier alpha value is -3.52. The minimum absolute atomic E-state index is 0.546. The first kappa shape index (κ1) is 26.1. The molecule has 1 aliphatic rings. The van der Waals surface area contributed by atoms with E-state index in [0.29, 0.717) is 13.0 Å². The average molecular weight is 535 g/mol. The van der Waals surface area contributed by atoms with Crippen LogP contribution in [0.1, 0.15) is 43.9 Å². The van der Waals surface area contributed by atoms with Crippen molar-refractivity contribution in [1.29, 1.82) is 0 Å². The molecule has 1 aliphatic heterocycles. The summed E-state index contributed by atoms with van der Waals surface area (Å²) in [7, 11) is 1.74. The number of hydrogen-bond acceptors (Lipinski definition) is 5. The first-order valence-corrected chi connectivity index (χ1v) is 12.3. The van der Waals surface area contributed by atoms with Gasteiger partial charge in [-0.1, -0.05) is 46.3 Å². The Morgan fingerprint density at radius 3 is 2.89 bits per heavy atom. The number of amidine groups is 1. The summed E-state index contributed by atoms with van der Waals surface area (Å²) in [6.45, 7) is 10.3. The van der Waals surface area contributed by atoms with Gasteiger partial charge in [-0.15, -0.1) is 0 Å². The van der Waals surface area contributed by atoms with Gasteiger partial charge in [-0.25, -0.2) is 9.99 Å². The number of aromatic nitrogens is 3. The van der Waals surface area contributed by atoms with Gasteiger partial charge < -0.3 is 10.3 Å². The topological polar surface area (TPSA) is 81.6 Å². The molecule has 7 nitrogen and oxygen atoms in total. The Kier molecular flexibility index (Phi) is 9.55. The van der Waals surface area contributed by atoms with Crippen molar-refractivity contribution in [3.8, 4) is 11.4 Å². The summed E-state index contributed by atoms with van der Waals surface area (Å²) < 4.78 is 1.03. The first-order chi connectivity index (χ1) is 16.9. The SMILES string of the molecule is C=NN1C=C(c2nc(CN/C(C)=C/C(Br)=C\C/C=C\C)[nH]c2-c2cccc(C)n2)CC=CC1=NC. The molecule has 0 saturated carbocycles. The molecule has 2 aromatic heterocycles. The van der Waals surface area contributed by atoms with Crippen LogP contribution < -0.4 is 5.32 Å². The highest BCUT2D eigenvalue weighted by molar-refractivity contribution is 9.11. The van der Waals surface area contributed by atoms with Gasteiger partial charge in [0.05, 0.1) is 23.6 Å². The monoisotopic (exact) mass is 533 g/mol. The van der Waals surface area contributed by atoms with Gasteiger partial charge in [0, 0.05) is 41.4 Å². The third-order valence-electron chi connectivity index (χ3n) is 5.27. The molecule has 0 atom stereocenters. The van der Waals surface area contributed by atoms with Crippen LogP contribution in [0.3, 0.4) is 0 Å². The summed E-state index contributed by atoms with van der Waals surface area (Å²) >= 11 is 3.61. The molecule has 3 rings (SSSR count). The number of aryl methyl sites for hydroxylation is 1. The predicted octanol–water partition coefficient (Wildman–Crippen LogP) is 6.27. The molecule has 2 aromatic rings. The van der Waals surface area contributed by atoms with Crippen molar-refractivity contribution in [3.05, 3.63) is 88.2 Å². The lowest BCUT2D eigenvalue weighted by molar-refractivity contribution is 0.612. The number of pyridine rings is 1. The van der Waals surface area contributed by atoms with Crippen LogP contribution in [0, 0.1) is 6.92 Å². The molecule has 0 radical (unpaired) electrons. The highest BCUT2D eigenvalue weighted by Crippen LogP contribution is 2.30. The van der Waals surface area contributed by atoms with Gasteiger partial charge in [0.2, 0.25) is 0 Å². The lowest BCUT2D eigenvalue weighted by Gasteiger charge is -2.13. The van der Waals surface area contributed by atoms with E-state index in [-0.39, 0.29) is 0 Å². The molecule has 8 heteroatoms. The quantitative estimate of drug-likeness (QED) is 0.226. The number of halogens is 1. The Morgan fingerprint density at radius 2 is 2.17 bits per heavy atom. The van der Waals surface area contributed by atoms with Gasteiger partial charge in [0.15, 0.2) is 0 Å². The van der Waals surface area contributed by atoms with Crippen LogP contribution in [0.2, 0.25) is 0 Å². The van der Waals surface area contributed by atoms with E-state index >= 15 is 0 Å². The second-order valence-electron chi connectivity index (χ2n) is 7.97. The van der Waals surface area contributed by atoms with Crippen LogP contribution in [0.25, 0.3) is 17.0 Å². The Bertz CT molecular complexity index is 1230. The number of hydrazone groups is 1. The Balaban J connectivity index is 1.93. The molecule has 3 heterocycles. The van der Waals surface area contributed by atoms with Crippen molar-refractivity contribution >= 4 is 34.1 Å². The fourth-order valence-corrected chi connectivity index (χ4v) is 4.08. The first-order valence-electron chi connectivity index (χ1n) is 11.5. The van der Waals surface area contributed by atoms with Crippen LogP contribution in [-0.4, -0.2) is 39.6 Å². The molecule has 0 spiro atoms. The molecule has 0 saturated heterocycles. The van der Waals surface area contributed by atoms with E-state index < -0.39 is 0 Å². The minimum Gasteiger partial charge on any atom is -0.381 e. The van der Waals surface area contributed by atoms with Gasteiger partial charge in [-0.05, 0) is 57.9 Å². The van der Waals surface area contributed by atoms with E-state index in [1.807, 2.05) is 57.3 Å². The molecule has 0 amide bonds.